The van der Waals surface area contributed by atoms with Gasteiger partial charge in [0.1, 0.15) is 6.33 Å². The lowest BCUT2D eigenvalue weighted by atomic mass is 10.5. The van der Waals surface area contributed by atoms with E-state index in [1.165, 1.54) is 11.3 Å². The topological polar surface area (TPSA) is 57.0 Å². The Morgan fingerprint density at radius 1 is 1.67 bits per heavy atom. The predicted octanol–water partition coefficient (Wildman–Crippen LogP) is 1.51. The Balaban J connectivity index is 2.21. The van der Waals surface area contributed by atoms with Gasteiger partial charge in [-0.3, -0.25) is 4.57 Å². The van der Waals surface area contributed by atoms with Crippen molar-refractivity contribution in [3.63, 3.8) is 0 Å². The molecule has 0 amide bonds. The van der Waals surface area contributed by atoms with Gasteiger partial charge in [-0.05, 0) is 6.92 Å². The molecule has 0 atom stereocenters. The molecule has 5 nitrogen and oxygen atoms in total. The smallest absolute Gasteiger partial charge is 0.357 e. The number of hydrogen-bond donors (Lipinski definition) is 0. The molecule has 2 heterocycles. The second-order valence-electron chi connectivity index (χ2n) is 2.71. The van der Waals surface area contributed by atoms with Crippen LogP contribution in [-0.4, -0.2) is 27.1 Å². The summed E-state index contributed by atoms with van der Waals surface area (Å²) in [5, 5.41) is 2.38. The Morgan fingerprint density at radius 3 is 3.20 bits per heavy atom. The van der Waals surface area contributed by atoms with Crippen LogP contribution < -0.4 is 0 Å². The third-order valence-electron chi connectivity index (χ3n) is 1.70. The van der Waals surface area contributed by atoms with Crippen molar-refractivity contribution in [1.29, 1.82) is 0 Å². The number of hydrogen-bond acceptors (Lipinski definition) is 5. The Bertz CT molecular complexity index is 450. The van der Waals surface area contributed by atoms with Gasteiger partial charge < -0.3 is 4.74 Å². The fraction of sp³-hybridized carbons (Fsp3) is 0.222. The highest BCUT2D eigenvalue weighted by Crippen LogP contribution is 2.14. The zero-order valence-corrected chi connectivity index (χ0v) is 8.90. The number of carbonyl (C=O) groups is 1. The molecule has 2 rings (SSSR count). The zero-order valence-electron chi connectivity index (χ0n) is 8.08. The molecule has 0 spiro atoms. The van der Waals surface area contributed by atoms with Crippen molar-refractivity contribution in [2.75, 3.05) is 6.61 Å². The Hall–Kier alpha value is -1.69. The Morgan fingerprint density at radius 2 is 2.53 bits per heavy atom. The summed E-state index contributed by atoms with van der Waals surface area (Å²) < 4.78 is 6.58. The second-order valence-corrected chi connectivity index (χ2v) is 3.54. The van der Waals surface area contributed by atoms with Crippen molar-refractivity contribution in [3.8, 4) is 5.13 Å². The molecule has 15 heavy (non-hydrogen) atoms. The average Bonchev–Trinajstić information content (AvgIpc) is 2.89. The van der Waals surface area contributed by atoms with Gasteiger partial charge in [0.2, 0.25) is 0 Å². The summed E-state index contributed by atoms with van der Waals surface area (Å²) in [6.07, 6.45) is 5.06. The van der Waals surface area contributed by atoms with Crippen LogP contribution in [-0.2, 0) is 4.74 Å². The van der Waals surface area contributed by atoms with Gasteiger partial charge in [-0.15, -0.1) is 11.3 Å². The Labute approximate surface area is 90.4 Å². The molecule has 0 fully saturated rings. The molecule has 0 aromatic carbocycles. The van der Waals surface area contributed by atoms with Crippen molar-refractivity contribution in [2.24, 2.45) is 0 Å². The first kappa shape index (κ1) is 9.85. The van der Waals surface area contributed by atoms with E-state index in [0.717, 1.165) is 0 Å². The molecule has 2 aromatic heterocycles. The molecule has 78 valence electrons. The zero-order chi connectivity index (χ0) is 10.7. The summed E-state index contributed by atoms with van der Waals surface area (Å²) in [5.74, 6) is -0.389. The maximum atomic E-state index is 11.3. The van der Waals surface area contributed by atoms with Crippen LogP contribution in [0.4, 0.5) is 0 Å². The third-order valence-corrected chi connectivity index (χ3v) is 2.56. The van der Waals surface area contributed by atoms with Crippen molar-refractivity contribution in [1.82, 2.24) is 14.5 Å². The standard InChI is InChI=1S/C9H9N3O2S/c1-2-14-8(13)7-5-15-9(11-7)12-4-3-10-6-12/h3-6H,2H2,1H3. The van der Waals surface area contributed by atoms with E-state index < -0.39 is 0 Å². The monoisotopic (exact) mass is 223 g/mol. The lowest BCUT2D eigenvalue weighted by Gasteiger charge is -1.96. The fourth-order valence-electron chi connectivity index (χ4n) is 1.05. The van der Waals surface area contributed by atoms with Crippen LogP contribution in [0.5, 0.6) is 0 Å². The number of esters is 1. The van der Waals surface area contributed by atoms with Crippen LogP contribution in [0.1, 0.15) is 17.4 Å². The van der Waals surface area contributed by atoms with Gasteiger partial charge in [-0.2, -0.15) is 0 Å². The first-order valence-electron chi connectivity index (χ1n) is 4.42. The van der Waals surface area contributed by atoms with Crippen LogP contribution in [0.15, 0.2) is 24.1 Å². The number of imidazole rings is 1. The molecule has 6 heteroatoms. The summed E-state index contributed by atoms with van der Waals surface area (Å²) in [6, 6.07) is 0. The summed E-state index contributed by atoms with van der Waals surface area (Å²) >= 11 is 1.37. The van der Waals surface area contributed by atoms with Crippen LogP contribution in [0, 0.1) is 0 Å². The molecule has 0 aliphatic carbocycles. The van der Waals surface area contributed by atoms with Crippen molar-refractivity contribution in [3.05, 3.63) is 29.8 Å². The molecule has 0 unspecified atom stereocenters. The Kier molecular flexibility index (Phi) is 2.77. The molecule has 0 aliphatic heterocycles. The molecule has 0 N–H and O–H groups in total. The van der Waals surface area contributed by atoms with E-state index in [9.17, 15) is 4.79 Å². The highest BCUT2D eigenvalue weighted by Gasteiger charge is 2.11. The van der Waals surface area contributed by atoms with Crippen molar-refractivity contribution < 1.29 is 9.53 Å². The van der Waals surface area contributed by atoms with Gasteiger partial charge in [0.05, 0.1) is 6.61 Å². The van der Waals surface area contributed by atoms with E-state index in [-0.39, 0.29) is 5.97 Å². The molecule has 0 bridgehead atoms. The van der Waals surface area contributed by atoms with Crippen LogP contribution in [0.2, 0.25) is 0 Å². The first-order valence-corrected chi connectivity index (χ1v) is 5.30. The molecular formula is C9H9N3O2S. The maximum absolute atomic E-state index is 11.3. The van der Waals surface area contributed by atoms with Crippen LogP contribution in [0.3, 0.4) is 0 Å². The van der Waals surface area contributed by atoms with Crippen LogP contribution >= 0.6 is 11.3 Å². The number of aromatic nitrogens is 3. The second kappa shape index (κ2) is 4.22. The van der Waals surface area contributed by atoms with E-state index in [4.69, 9.17) is 4.74 Å². The van der Waals surface area contributed by atoms with E-state index in [2.05, 4.69) is 9.97 Å². The number of carbonyl (C=O) groups excluding carboxylic acids is 1. The van der Waals surface area contributed by atoms with Crippen LogP contribution in [0.25, 0.3) is 5.13 Å². The lowest BCUT2D eigenvalue weighted by Crippen LogP contribution is -2.05. The van der Waals surface area contributed by atoms with Gasteiger partial charge >= 0.3 is 5.97 Å². The highest BCUT2D eigenvalue weighted by atomic mass is 32.1. The molecule has 0 radical (unpaired) electrons. The summed E-state index contributed by atoms with van der Waals surface area (Å²) in [5.41, 5.74) is 0.338. The molecule has 0 saturated heterocycles. The first-order chi connectivity index (χ1) is 7.31. The van der Waals surface area contributed by atoms with E-state index >= 15 is 0 Å². The fourth-order valence-corrected chi connectivity index (χ4v) is 1.80. The number of nitrogens with zero attached hydrogens (tertiary/aromatic N) is 3. The van der Waals surface area contributed by atoms with Gasteiger partial charge in [0.25, 0.3) is 0 Å². The normalized spacial score (nSPS) is 10.2. The highest BCUT2D eigenvalue weighted by molar-refractivity contribution is 7.12. The van der Waals surface area contributed by atoms with Crippen molar-refractivity contribution in [2.45, 2.75) is 6.92 Å². The maximum Gasteiger partial charge on any atom is 0.357 e. The average molecular weight is 223 g/mol. The molecule has 0 aliphatic rings. The van der Waals surface area contributed by atoms with Gasteiger partial charge in [-0.25, -0.2) is 14.8 Å². The van der Waals surface area contributed by atoms with Crippen molar-refractivity contribution >= 4 is 17.3 Å². The largest absolute Gasteiger partial charge is 0.461 e. The van der Waals surface area contributed by atoms with E-state index in [1.54, 1.807) is 35.6 Å². The minimum absolute atomic E-state index is 0.338. The molecular weight excluding hydrogens is 214 g/mol. The third kappa shape index (κ3) is 2.04. The summed E-state index contributed by atoms with van der Waals surface area (Å²) in [7, 11) is 0. The quantitative estimate of drug-likeness (QED) is 0.740. The number of ether oxygens (including phenoxy) is 1. The van der Waals surface area contributed by atoms with Gasteiger partial charge in [0.15, 0.2) is 10.8 Å². The minimum atomic E-state index is -0.389. The number of rotatable bonds is 3. The lowest BCUT2D eigenvalue weighted by molar-refractivity contribution is 0.0520. The molecule has 2 aromatic rings. The summed E-state index contributed by atoms with van der Waals surface area (Å²) in [6.45, 7) is 2.12. The number of thiazole rings is 1. The molecule has 0 saturated carbocycles. The van der Waals surface area contributed by atoms with E-state index in [1.807, 2.05) is 0 Å². The SMILES string of the molecule is CCOC(=O)c1csc(-n2ccnc2)n1. The predicted molar refractivity (Wildman–Crippen MR) is 55.2 cm³/mol. The minimum Gasteiger partial charge on any atom is -0.461 e. The van der Waals surface area contributed by atoms with Gasteiger partial charge in [0, 0.05) is 17.8 Å². The summed E-state index contributed by atoms with van der Waals surface area (Å²) in [4.78, 5) is 19.4. The van der Waals surface area contributed by atoms with Gasteiger partial charge in [-0.1, -0.05) is 0 Å². The van der Waals surface area contributed by atoms with E-state index in [0.29, 0.717) is 17.4 Å².